The van der Waals surface area contributed by atoms with Crippen molar-refractivity contribution >= 4 is 10.0 Å². The zero-order valence-electron chi connectivity index (χ0n) is 10.6. The van der Waals surface area contributed by atoms with Crippen LogP contribution < -0.4 is 10.5 Å². The lowest BCUT2D eigenvalue weighted by Gasteiger charge is -2.34. The Morgan fingerprint density at radius 2 is 1.82 bits per heavy atom. The van der Waals surface area contributed by atoms with Crippen molar-refractivity contribution in [2.24, 2.45) is 5.73 Å². The van der Waals surface area contributed by atoms with Crippen LogP contribution in [-0.4, -0.2) is 31.9 Å². The lowest BCUT2D eigenvalue weighted by Crippen LogP contribution is -2.54. The quantitative estimate of drug-likeness (QED) is 0.788. The largest absolute Gasteiger partial charge is 0.324 e. The molecular formula is C11H23FN2O2S. The van der Waals surface area contributed by atoms with Gasteiger partial charge in [-0.1, -0.05) is 19.3 Å². The molecule has 102 valence electrons. The van der Waals surface area contributed by atoms with Gasteiger partial charge in [-0.2, -0.15) is 0 Å². The van der Waals surface area contributed by atoms with Crippen molar-refractivity contribution in [3.63, 3.8) is 0 Å². The smallest absolute Gasteiger partial charge is 0.213 e. The molecule has 1 saturated carbocycles. The third kappa shape index (κ3) is 4.89. The van der Waals surface area contributed by atoms with E-state index in [9.17, 15) is 12.8 Å². The van der Waals surface area contributed by atoms with Gasteiger partial charge in [0.25, 0.3) is 0 Å². The number of alkyl halides is 1. The summed E-state index contributed by atoms with van der Waals surface area (Å²) in [5, 5.41) is 0. The van der Waals surface area contributed by atoms with E-state index in [1.165, 1.54) is 13.8 Å². The van der Waals surface area contributed by atoms with Gasteiger partial charge >= 0.3 is 0 Å². The second-order valence-corrected chi connectivity index (χ2v) is 7.52. The second-order valence-electron chi connectivity index (χ2n) is 5.80. The molecule has 0 spiro atoms. The molecule has 0 saturated heterocycles. The van der Waals surface area contributed by atoms with Gasteiger partial charge in [-0.05, 0) is 26.7 Å². The Bertz CT molecular complexity index is 348. The minimum Gasteiger partial charge on any atom is -0.324 e. The van der Waals surface area contributed by atoms with Crippen molar-refractivity contribution in [1.82, 2.24) is 4.72 Å². The Kier molecular flexibility index (Phi) is 4.54. The highest BCUT2D eigenvalue weighted by atomic mass is 32.2. The summed E-state index contributed by atoms with van der Waals surface area (Å²) in [6.45, 7) is 2.31. The highest BCUT2D eigenvalue weighted by molar-refractivity contribution is 7.89. The normalized spacial score (nSPS) is 21.4. The highest BCUT2D eigenvalue weighted by Gasteiger charge is 2.35. The SMILES string of the molecule is CC(C)(CF)NS(=O)(=O)CC1(N)CCCCC1. The molecule has 0 bridgehead atoms. The molecule has 1 aliphatic rings. The van der Waals surface area contributed by atoms with Gasteiger partial charge in [0.2, 0.25) is 10.0 Å². The maximum Gasteiger partial charge on any atom is 0.213 e. The van der Waals surface area contributed by atoms with E-state index in [1.807, 2.05) is 0 Å². The van der Waals surface area contributed by atoms with Crippen LogP contribution >= 0.6 is 0 Å². The summed E-state index contributed by atoms with van der Waals surface area (Å²) in [7, 11) is -3.52. The molecule has 0 aromatic heterocycles. The number of rotatable bonds is 5. The number of nitrogens with one attached hydrogen (secondary N) is 1. The van der Waals surface area contributed by atoms with E-state index >= 15 is 0 Å². The van der Waals surface area contributed by atoms with Crippen LogP contribution in [0, 0.1) is 0 Å². The molecule has 0 amide bonds. The summed E-state index contributed by atoms with van der Waals surface area (Å²) in [6, 6.07) is 0. The Balaban J connectivity index is 2.66. The fourth-order valence-corrected chi connectivity index (χ4v) is 4.28. The van der Waals surface area contributed by atoms with Gasteiger partial charge in [-0.3, -0.25) is 0 Å². The summed E-state index contributed by atoms with van der Waals surface area (Å²) in [6.07, 6.45) is 4.51. The van der Waals surface area contributed by atoms with Crippen molar-refractivity contribution in [2.45, 2.75) is 57.0 Å². The zero-order valence-corrected chi connectivity index (χ0v) is 11.4. The van der Waals surface area contributed by atoms with Crippen LogP contribution in [0.5, 0.6) is 0 Å². The molecule has 0 heterocycles. The van der Waals surface area contributed by atoms with Crippen LogP contribution in [0.3, 0.4) is 0 Å². The summed E-state index contributed by atoms with van der Waals surface area (Å²) < 4.78 is 38.8. The van der Waals surface area contributed by atoms with Gasteiger partial charge in [0.15, 0.2) is 0 Å². The summed E-state index contributed by atoms with van der Waals surface area (Å²) in [5.41, 5.74) is 4.40. The summed E-state index contributed by atoms with van der Waals surface area (Å²) in [5.74, 6) is -0.108. The summed E-state index contributed by atoms with van der Waals surface area (Å²) >= 11 is 0. The van der Waals surface area contributed by atoms with Gasteiger partial charge in [0.05, 0.1) is 11.3 Å². The molecule has 0 aromatic rings. The topological polar surface area (TPSA) is 72.2 Å². The van der Waals surface area contributed by atoms with E-state index in [-0.39, 0.29) is 5.75 Å². The van der Waals surface area contributed by atoms with E-state index in [0.29, 0.717) is 0 Å². The minimum absolute atomic E-state index is 0.108. The predicted molar refractivity (Wildman–Crippen MR) is 67.0 cm³/mol. The molecule has 1 rings (SSSR count). The fourth-order valence-electron chi connectivity index (χ4n) is 2.26. The molecule has 0 atom stereocenters. The molecule has 1 aliphatic carbocycles. The molecule has 0 radical (unpaired) electrons. The number of nitrogens with two attached hydrogens (primary N) is 1. The third-order valence-electron chi connectivity index (χ3n) is 3.09. The number of sulfonamides is 1. The van der Waals surface area contributed by atoms with Crippen LogP contribution in [0.1, 0.15) is 46.0 Å². The van der Waals surface area contributed by atoms with Crippen LogP contribution in [0.15, 0.2) is 0 Å². The zero-order chi connectivity index (χ0) is 13.2. The van der Waals surface area contributed by atoms with E-state index < -0.39 is 27.8 Å². The molecule has 0 unspecified atom stereocenters. The highest BCUT2D eigenvalue weighted by Crippen LogP contribution is 2.27. The van der Waals surface area contributed by atoms with Crippen LogP contribution in [-0.2, 0) is 10.0 Å². The average Bonchev–Trinajstić information content (AvgIpc) is 2.15. The first-order chi connectivity index (χ1) is 7.68. The molecule has 1 fully saturated rings. The van der Waals surface area contributed by atoms with Crippen molar-refractivity contribution in [1.29, 1.82) is 0 Å². The Hall–Kier alpha value is -0.200. The molecule has 17 heavy (non-hydrogen) atoms. The van der Waals surface area contributed by atoms with Crippen molar-refractivity contribution in [3.05, 3.63) is 0 Å². The lowest BCUT2D eigenvalue weighted by molar-refractivity contribution is 0.310. The molecular weight excluding hydrogens is 243 g/mol. The van der Waals surface area contributed by atoms with Gasteiger partial charge in [0.1, 0.15) is 6.67 Å². The van der Waals surface area contributed by atoms with Gasteiger partial charge < -0.3 is 5.73 Å². The number of halogens is 1. The standard InChI is InChI=1S/C11H23FN2O2S/c1-10(2,8-12)14-17(15,16)9-11(13)6-4-3-5-7-11/h14H,3-9,13H2,1-2H3. The first-order valence-corrected chi connectivity index (χ1v) is 7.70. The molecule has 0 aromatic carbocycles. The van der Waals surface area contributed by atoms with E-state index in [4.69, 9.17) is 5.73 Å². The van der Waals surface area contributed by atoms with Crippen LogP contribution in [0.2, 0.25) is 0 Å². The average molecular weight is 266 g/mol. The maximum absolute atomic E-state index is 12.6. The molecule has 3 N–H and O–H groups in total. The van der Waals surface area contributed by atoms with Gasteiger partial charge in [0, 0.05) is 5.54 Å². The van der Waals surface area contributed by atoms with E-state index in [2.05, 4.69) is 4.72 Å². The first kappa shape index (κ1) is 14.9. The Morgan fingerprint density at radius 1 is 1.29 bits per heavy atom. The predicted octanol–water partition coefficient (Wildman–Crippen LogP) is 1.32. The second kappa shape index (κ2) is 5.20. The van der Waals surface area contributed by atoms with Crippen molar-refractivity contribution in [3.8, 4) is 0 Å². The van der Waals surface area contributed by atoms with Crippen molar-refractivity contribution < 1.29 is 12.8 Å². The Labute approximate surface area is 103 Å². The molecule has 4 nitrogen and oxygen atoms in total. The maximum atomic E-state index is 12.6. The molecule has 0 aliphatic heterocycles. The van der Waals surface area contributed by atoms with Gasteiger partial charge in [-0.25, -0.2) is 17.5 Å². The minimum atomic E-state index is -3.52. The third-order valence-corrected chi connectivity index (χ3v) is 4.91. The van der Waals surface area contributed by atoms with Crippen LogP contribution in [0.4, 0.5) is 4.39 Å². The lowest BCUT2D eigenvalue weighted by atomic mass is 9.84. The van der Waals surface area contributed by atoms with E-state index in [0.717, 1.165) is 32.1 Å². The fraction of sp³-hybridized carbons (Fsp3) is 1.00. The van der Waals surface area contributed by atoms with Crippen LogP contribution in [0.25, 0.3) is 0 Å². The van der Waals surface area contributed by atoms with Gasteiger partial charge in [-0.15, -0.1) is 0 Å². The summed E-state index contributed by atoms with van der Waals surface area (Å²) in [4.78, 5) is 0. The monoisotopic (exact) mass is 266 g/mol. The van der Waals surface area contributed by atoms with E-state index in [1.54, 1.807) is 0 Å². The first-order valence-electron chi connectivity index (χ1n) is 6.05. The number of hydrogen-bond acceptors (Lipinski definition) is 3. The van der Waals surface area contributed by atoms with Crippen molar-refractivity contribution in [2.75, 3.05) is 12.4 Å². The molecule has 6 heteroatoms. The number of hydrogen-bond donors (Lipinski definition) is 2. The Morgan fingerprint density at radius 3 is 2.29 bits per heavy atom.